The Kier molecular flexibility index (Phi) is 3.88. The van der Waals surface area contributed by atoms with E-state index in [9.17, 15) is 9.18 Å². The highest BCUT2D eigenvalue weighted by molar-refractivity contribution is 6.33. The zero-order valence-corrected chi connectivity index (χ0v) is 11.0. The average Bonchev–Trinajstić information content (AvgIpc) is 2.33. The molecule has 5 heteroatoms. The molecule has 1 atom stereocenters. The lowest BCUT2D eigenvalue weighted by Gasteiger charge is -2.31. The third kappa shape index (κ3) is 2.65. The van der Waals surface area contributed by atoms with E-state index in [1.54, 1.807) is 11.8 Å². The Morgan fingerprint density at radius 3 is 2.94 bits per heavy atom. The first-order valence-corrected chi connectivity index (χ1v) is 6.37. The van der Waals surface area contributed by atoms with E-state index >= 15 is 0 Å². The van der Waals surface area contributed by atoms with E-state index in [1.165, 1.54) is 12.1 Å². The second-order valence-corrected chi connectivity index (χ2v) is 5.14. The maximum absolute atomic E-state index is 13.3. The second-order valence-electron chi connectivity index (χ2n) is 4.73. The van der Waals surface area contributed by atoms with E-state index in [1.807, 2.05) is 0 Å². The van der Waals surface area contributed by atoms with Gasteiger partial charge in [-0.3, -0.25) is 4.79 Å². The Balaban J connectivity index is 2.25. The maximum Gasteiger partial charge on any atom is 0.255 e. The summed E-state index contributed by atoms with van der Waals surface area (Å²) >= 11 is 5.93. The molecule has 0 radical (unpaired) electrons. The monoisotopic (exact) mass is 270 g/mol. The molecule has 1 saturated heterocycles. The van der Waals surface area contributed by atoms with Crippen LogP contribution in [0.15, 0.2) is 12.1 Å². The van der Waals surface area contributed by atoms with Crippen molar-refractivity contribution in [1.82, 2.24) is 4.90 Å². The number of hydrogen-bond acceptors (Lipinski definition) is 2. The minimum Gasteiger partial charge on any atom is -0.337 e. The topological polar surface area (TPSA) is 46.3 Å². The number of aryl methyl sites for hydroxylation is 1. The van der Waals surface area contributed by atoms with E-state index in [-0.39, 0.29) is 17.0 Å². The summed E-state index contributed by atoms with van der Waals surface area (Å²) in [6.45, 7) is 2.83. The number of piperidine rings is 1. The molecule has 1 aromatic carbocycles. The molecule has 1 heterocycles. The van der Waals surface area contributed by atoms with Gasteiger partial charge in [0.05, 0.1) is 10.6 Å². The molecule has 0 aromatic heterocycles. The van der Waals surface area contributed by atoms with Gasteiger partial charge in [-0.2, -0.15) is 0 Å². The van der Waals surface area contributed by atoms with Crippen molar-refractivity contribution in [3.05, 3.63) is 34.1 Å². The number of likely N-dealkylation sites (tertiary alicyclic amines) is 1. The molecule has 0 aliphatic carbocycles. The van der Waals surface area contributed by atoms with Crippen LogP contribution in [0.2, 0.25) is 5.02 Å². The Bertz CT molecular complexity index is 478. The van der Waals surface area contributed by atoms with Crippen molar-refractivity contribution < 1.29 is 9.18 Å². The number of carbonyl (C=O) groups is 1. The van der Waals surface area contributed by atoms with Gasteiger partial charge in [-0.05, 0) is 37.5 Å². The van der Waals surface area contributed by atoms with Crippen LogP contribution in [0.3, 0.4) is 0 Å². The predicted octanol–water partition coefficient (Wildman–Crippen LogP) is 2.35. The van der Waals surface area contributed by atoms with Crippen LogP contribution in [0.25, 0.3) is 0 Å². The summed E-state index contributed by atoms with van der Waals surface area (Å²) in [5.41, 5.74) is 6.62. The molecule has 1 aliphatic heterocycles. The molecular formula is C13H16ClFN2O. The number of rotatable bonds is 1. The standard InChI is InChI=1S/C13H16ClFN2O/c1-8-5-10(11(14)6-12(8)15)13(18)17-4-2-3-9(16)7-17/h5-6,9H,2-4,7,16H2,1H3/t9-/m0/s1. The van der Waals surface area contributed by atoms with Gasteiger partial charge in [-0.15, -0.1) is 0 Å². The lowest BCUT2D eigenvalue weighted by Crippen LogP contribution is -2.45. The zero-order valence-electron chi connectivity index (χ0n) is 10.2. The van der Waals surface area contributed by atoms with Crippen LogP contribution in [0.4, 0.5) is 4.39 Å². The van der Waals surface area contributed by atoms with Crippen molar-refractivity contribution in [2.75, 3.05) is 13.1 Å². The third-order valence-corrected chi connectivity index (χ3v) is 3.54. The minimum atomic E-state index is -0.396. The SMILES string of the molecule is Cc1cc(C(=O)N2CCC[C@H](N)C2)c(Cl)cc1F. The first kappa shape index (κ1) is 13.3. The van der Waals surface area contributed by atoms with Gasteiger partial charge >= 0.3 is 0 Å². The fourth-order valence-corrected chi connectivity index (χ4v) is 2.42. The van der Waals surface area contributed by atoms with Gasteiger partial charge in [0.25, 0.3) is 5.91 Å². The third-order valence-electron chi connectivity index (χ3n) is 3.22. The fourth-order valence-electron chi connectivity index (χ4n) is 2.19. The predicted molar refractivity (Wildman–Crippen MR) is 69.3 cm³/mol. The molecule has 1 amide bonds. The average molecular weight is 271 g/mol. The molecule has 1 aliphatic rings. The Morgan fingerprint density at radius 1 is 1.56 bits per heavy atom. The van der Waals surface area contributed by atoms with E-state index in [2.05, 4.69) is 0 Å². The number of amides is 1. The van der Waals surface area contributed by atoms with Crippen molar-refractivity contribution in [2.45, 2.75) is 25.8 Å². The van der Waals surface area contributed by atoms with Gasteiger partial charge in [0, 0.05) is 19.1 Å². The molecule has 0 unspecified atom stereocenters. The van der Waals surface area contributed by atoms with Gasteiger partial charge in [0.2, 0.25) is 0 Å². The number of halogens is 2. The number of hydrogen-bond donors (Lipinski definition) is 1. The summed E-state index contributed by atoms with van der Waals surface area (Å²) in [6, 6.07) is 2.71. The highest BCUT2D eigenvalue weighted by atomic mass is 35.5. The van der Waals surface area contributed by atoms with E-state index in [0.29, 0.717) is 24.2 Å². The summed E-state index contributed by atoms with van der Waals surface area (Å²) in [5.74, 6) is -0.565. The smallest absolute Gasteiger partial charge is 0.255 e. The largest absolute Gasteiger partial charge is 0.337 e. The van der Waals surface area contributed by atoms with Crippen LogP contribution in [0, 0.1) is 12.7 Å². The normalized spacial score (nSPS) is 20.0. The number of nitrogens with zero attached hydrogens (tertiary/aromatic N) is 1. The van der Waals surface area contributed by atoms with Crippen molar-refractivity contribution >= 4 is 17.5 Å². The lowest BCUT2D eigenvalue weighted by atomic mass is 10.0. The molecule has 18 heavy (non-hydrogen) atoms. The molecule has 0 bridgehead atoms. The van der Waals surface area contributed by atoms with Crippen LogP contribution < -0.4 is 5.73 Å². The summed E-state index contributed by atoms with van der Waals surface area (Å²) in [7, 11) is 0. The minimum absolute atomic E-state index is 0.0167. The fraction of sp³-hybridized carbons (Fsp3) is 0.462. The van der Waals surface area contributed by atoms with Crippen LogP contribution in [0.1, 0.15) is 28.8 Å². The van der Waals surface area contributed by atoms with Crippen LogP contribution in [-0.2, 0) is 0 Å². The van der Waals surface area contributed by atoms with Gasteiger partial charge < -0.3 is 10.6 Å². The summed E-state index contributed by atoms with van der Waals surface area (Å²) in [4.78, 5) is 14.0. The van der Waals surface area contributed by atoms with E-state index in [0.717, 1.165) is 12.8 Å². The quantitative estimate of drug-likeness (QED) is 0.851. The van der Waals surface area contributed by atoms with E-state index in [4.69, 9.17) is 17.3 Å². The van der Waals surface area contributed by atoms with Crippen LogP contribution in [-0.4, -0.2) is 29.9 Å². The number of benzene rings is 1. The van der Waals surface area contributed by atoms with Crippen molar-refractivity contribution in [3.63, 3.8) is 0 Å². The van der Waals surface area contributed by atoms with Crippen molar-refractivity contribution in [3.8, 4) is 0 Å². The summed E-state index contributed by atoms with van der Waals surface area (Å²) in [6.07, 6.45) is 1.82. The molecule has 0 spiro atoms. The first-order valence-electron chi connectivity index (χ1n) is 5.99. The van der Waals surface area contributed by atoms with Crippen molar-refractivity contribution in [2.24, 2.45) is 5.73 Å². The molecule has 98 valence electrons. The van der Waals surface area contributed by atoms with Crippen LogP contribution >= 0.6 is 11.6 Å². The molecule has 3 nitrogen and oxygen atoms in total. The molecule has 1 fully saturated rings. The highest BCUT2D eigenvalue weighted by Crippen LogP contribution is 2.23. The molecular weight excluding hydrogens is 255 g/mol. The lowest BCUT2D eigenvalue weighted by molar-refractivity contribution is 0.0709. The Labute approximate surface area is 111 Å². The second kappa shape index (κ2) is 5.24. The Hall–Kier alpha value is -1.13. The first-order chi connectivity index (χ1) is 8.49. The molecule has 2 N–H and O–H groups in total. The number of nitrogens with two attached hydrogens (primary N) is 1. The van der Waals surface area contributed by atoms with Gasteiger partial charge in [0.1, 0.15) is 5.82 Å². The molecule has 0 saturated carbocycles. The summed E-state index contributed by atoms with van der Waals surface area (Å²) in [5, 5.41) is 0.155. The highest BCUT2D eigenvalue weighted by Gasteiger charge is 2.24. The molecule has 1 aromatic rings. The Morgan fingerprint density at radius 2 is 2.28 bits per heavy atom. The van der Waals surface area contributed by atoms with Gasteiger partial charge in [-0.25, -0.2) is 4.39 Å². The zero-order chi connectivity index (χ0) is 13.3. The maximum atomic E-state index is 13.3. The van der Waals surface area contributed by atoms with Crippen LogP contribution in [0.5, 0.6) is 0 Å². The molecule has 2 rings (SSSR count). The van der Waals surface area contributed by atoms with Gasteiger partial charge in [0.15, 0.2) is 0 Å². The van der Waals surface area contributed by atoms with E-state index < -0.39 is 5.82 Å². The van der Waals surface area contributed by atoms with Crippen molar-refractivity contribution in [1.29, 1.82) is 0 Å². The van der Waals surface area contributed by atoms with Gasteiger partial charge in [-0.1, -0.05) is 11.6 Å². The number of carbonyl (C=O) groups excluding carboxylic acids is 1. The summed E-state index contributed by atoms with van der Waals surface area (Å²) < 4.78 is 13.3.